The van der Waals surface area contributed by atoms with Crippen molar-refractivity contribution in [1.29, 1.82) is 0 Å². The zero-order valence-corrected chi connectivity index (χ0v) is 13.6. The second-order valence-corrected chi connectivity index (χ2v) is 6.22. The van der Waals surface area contributed by atoms with E-state index in [4.69, 9.17) is 4.74 Å². The molecule has 2 rings (SSSR count). The Labute approximate surface area is 123 Å². The highest BCUT2D eigenvalue weighted by Gasteiger charge is 2.35. The summed E-state index contributed by atoms with van der Waals surface area (Å²) in [6.45, 7) is 14.7. The summed E-state index contributed by atoms with van der Waals surface area (Å²) in [5.74, 6) is 0.961. The van der Waals surface area contributed by atoms with Crippen molar-refractivity contribution in [2.24, 2.45) is 0 Å². The van der Waals surface area contributed by atoms with Gasteiger partial charge in [-0.05, 0) is 36.9 Å². The van der Waals surface area contributed by atoms with E-state index in [9.17, 15) is 0 Å². The molecule has 0 atom stereocenters. The molecule has 1 aromatic carbocycles. The maximum Gasteiger partial charge on any atom is 0.119 e. The summed E-state index contributed by atoms with van der Waals surface area (Å²) < 4.78 is 5.37. The molecular formula is C17H28N2O. The quantitative estimate of drug-likeness (QED) is 0.794. The lowest BCUT2D eigenvalue weighted by atomic mass is 9.87. The normalized spacial score (nSPS) is 16.6. The van der Waals surface area contributed by atoms with Crippen molar-refractivity contribution in [3.8, 4) is 5.75 Å². The molecule has 0 saturated carbocycles. The Bertz CT molecular complexity index is 452. The van der Waals surface area contributed by atoms with Gasteiger partial charge in [0.15, 0.2) is 0 Å². The van der Waals surface area contributed by atoms with E-state index in [0.29, 0.717) is 0 Å². The van der Waals surface area contributed by atoms with Gasteiger partial charge in [0.25, 0.3) is 0 Å². The topological polar surface area (TPSA) is 15.7 Å². The summed E-state index contributed by atoms with van der Waals surface area (Å²) in [4.78, 5) is 5.00. The number of ether oxygens (including phenoxy) is 1. The van der Waals surface area contributed by atoms with E-state index in [0.717, 1.165) is 38.5 Å². The molecule has 0 aromatic heterocycles. The van der Waals surface area contributed by atoms with Gasteiger partial charge in [-0.15, -0.1) is 0 Å². The highest BCUT2D eigenvalue weighted by Crippen LogP contribution is 2.41. The number of hydrogen-bond donors (Lipinski definition) is 0. The Morgan fingerprint density at radius 3 is 2.55 bits per heavy atom. The van der Waals surface area contributed by atoms with Crippen LogP contribution in [-0.4, -0.2) is 44.7 Å². The summed E-state index contributed by atoms with van der Waals surface area (Å²) in [5.41, 5.74) is 2.99. The largest absolute Gasteiger partial charge is 0.497 e. The van der Waals surface area contributed by atoms with E-state index in [-0.39, 0.29) is 5.41 Å². The molecule has 112 valence electrons. The Balaban J connectivity index is 2.16. The summed E-state index contributed by atoms with van der Waals surface area (Å²) in [6, 6.07) is 6.49. The van der Waals surface area contributed by atoms with Crippen LogP contribution in [0.4, 0.5) is 5.69 Å². The number of hydrogen-bond acceptors (Lipinski definition) is 3. The van der Waals surface area contributed by atoms with Gasteiger partial charge in [-0.25, -0.2) is 0 Å². The number of methoxy groups -OCH3 is 1. The van der Waals surface area contributed by atoms with E-state index in [1.54, 1.807) is 7.11 Å². The monoisotopic (exact) mass is 276 g/mol. The highest BCUT2D eigenvalue weighted by molar-refractivity contribution is 5.64. The molecule has 3 heteroatoms. The minimum atomic E-state index is 0.202. The van der Waals surface area contributed by atoms with E-state index in [1.165, 1.54) is 11.3 Å². The molecule has 0 aliphatic carbocycles. The molecule has 0 bridgehead atoms. The molecule has 0 amide bonds. The minimum Gasteiger partial charge on any atom is -0.497 e. The average molecular weight is 276 g/mol. The van der Waals surface area contributed by atoms with Gasteiger partial charge in [-0.1, -0.05) is 27.7 Å². The molecule has 0 N–H and O–H groups in total. The lowest BCUT2D eigenvalue weighted by Gasteiger charge is -2.26. The molecule has 0 radical (unpaired) electrons. The molecule has 1 aliphatic heterocycles. The third kappa shape index (κ3) is 2.93. The second kappa shape index (κ2) is 6.04. The zero-order chi connectivity index (χ0) is 14.8. The van der Waals surface area contributed by atoms with Crippen LogP contribution in [0.1, 0.15) is 33.3 Å². The SMILES string of the molecule is CCN(CC)CCN1CC(C)(C)c2cc(OC)ccc21. The second-order valence-electron chi connectivity index (χ2n) is 6.22. The molecule has 20 heavy (non-hydrogen) atoms. The summed E-state index contributed by atoms with van der Waals surface area (Å²) >= 11 is 0. The first-order valence-corrected chi connectivity index (χ1v) is 7.67. The van der Waals surface area contributed by atoms with Gasteiger partial charge in [0.2, 0.25) is 0 Å². The van der Waals surface area contributed by atoms with Crippen molar-refractivity contribution in [3.63, 3.8) is 0 Å². The Kier molecular flexibility index (Phi) is 4.59. The van der Waals surface area contributed by atoms with Gasteiger partial charge in [0.1, 0.15) is 5.75 Å². The predicted molar refractivity (Wildman–Crippen MR) is 86.0 cm³/mol. The molecule has 3 nitrogen and oxygen atoms in total. The lowest BCUT2D eigenvalue weighted by Crippen LogP contribution is -2.36. The van der Waals surface area contributed by atoms with Gasteiger partial charge in [0.05, 0.1) is 7.11 Å². The summed E-state index contributed by atoms with van der Waals surface area (Å²) in [5, 5.41) is 0. The van der Waals surface area contributed by atoms with Gasteiger partial charge in [0, 0.05) is 30.7 Å². The summed E-state index contributed by atoms with van der Waals surface area (Å²) in [7, 11) is 1.74. The predicted octanol–water partition coefficient (Wildman–Crippen LogP) is 3.13. The molecule has 1 aromatic rings. The smallest absolute Gasteiger partial charge is 0.119 e. The highest BCUT2D eigenvalue weighted by atomic mass is 16.5. The number of anilines is 1. The third-order valence-electron chi connectivity index (χ3n) is 4.44. The number of benzene rings is 1. The van der Waals surface area contributed by atoms with Crippen molar-refractivity contribution in [3.05, 3.63) is 23.8 Å². The van der Waals surface area contributed by atoms with Crippen LogP contribution >= 0.6 is 0 Å². The van der Waals surface area contributed by atoms with Crippen molar-refractivity contribution >= 4 is 5.69 Å². The molecule has 0 unspecified atom stereocenters. The van der Waals surface area contributed by atoms with Crippen LogP contribution in [0.5, 0.6) is 5.75 Å². The Hall–Kier alpha value is -1.22. The maximum atomic E-state index is 5.37. The molecule has 0 fully saturated rings. The van der Waals surface area contributed by atoms with Crippen LogP contribution < -0.4 is 9.64 Å². The van der Waals surface area contributed by atoms with Crippen molar-refractivity contribution in [2.45, 2.75) is 33.1 Å². The number of nitrogens with zero attached hydrogens (tertiary/aromatic N) is 2. The van der Waals surface area contributed by atoms with E-state index in [1.807, 2.05) is 0 Å². The maximum absolute atomic E-state index is 5.37. The standard InChI is InChI=1S/C17H28N2O/c1-6-18(7-2)10-11-19-13-17(3,4)15-12-14(20-5)8-9-16(15)19/h8-9,12H,6-7,10-11,13H2,1-5H3. The number of fused-ring (bicyclic) bond motifs is 1. The van der Waals surface area contributed by atoms with Crippen LogP contribution in [0.2, 0.25) is 0 Å². The van der Waals surface area contributed by atoms with Gasteiger partial charge >= 0.3 is 0 Å². The third-order valence-corrected chi connectivity index (χ3v) is 4.44. The lowest BCUT2D eigenvalue weighted by molar-refractivity contribution is 0.308. The van der Waals surface area contributed by atoms with Gasteiger partial charge in [-0.3, -0.25) is 0 Å². The number of likely N-dealkylation sites (N-methyl/N-ethyl adjacent to an activating group) is 1. The molecular weight excluding hydrogens is 248 g/mol. The molecule has 1 heterocycles. The first-order valence-electron chi connectivity index (χ1n) is 7.67. The van der Waals surface area contributed by atoms with Gasteiger partial charge < -0.3 is 14.5 Å². The molecule has 0 saturated heterocycles. The number of rotatable bonds is 6. The van der Waals surface area contributed by atoms with E-state index >= 15 is 0 Å². The molecule has 0 spiro atoms. The fourth-order valence-corrected chi connectivity index (χ4v) is 3.11. The van der Waals surface area contributed by atoms with Crippen molar-refractivity contribution < 1.29 is 4.74 Å². The van der Waals surface area contributed by atoms with Gasteiger partial charge in [-0.2, -0.15) is 0 Å². The summed E-state index contributed by atoms with van der Waals surface area (Å²) in [6.07, 6.45) is 0. The van der Waals surface area contributed by atoms with Crippen LogP contribution in [0.15, 0.2) is 18.2 Å². The first kappa shape index (κ1) is 15.2. The average Bonchev–Trinajstić information content (AvgIpc) is 2.71. The van der Waals surface area contributed by atoms with E-state index < -0.39 is 0 Å². The Morgan fingerprint density at radius 2 is 1.95 bits per heavy atom. The molecule has 1 aliphatic rings. The van der Waals surface area contributed by atoms with Crippen molar-refractivity contribution in [1.82, 2.24) is 4.90 Å². The fourth-order valence-electron chi connectivity index (χ4n) is 3.11. The first-order chi connectivity index (χ1) is 9.51. The van der Waals surface area contributed by atoms with Crippen LogP contribution in [0.25, 0.3) is 0 Å². The minimum absolute atomic E-state index is 0.202. The van der Waals surface area contributed by atoms with E-state index in [2.05, 4.69) is 55.7 Å². The van der Waals surface area contributed by atoms with Crippen LogP contribution in [0, 0.1) is 0 Å². The van der Waals surface area contributed by atoms with Crippen LogP contribution in [-0.2, 0) is 5.41 Å². The van der Waals surface area contributed by atoms with Crippen LogP contribution in [0.3, 0.4) is 0 Å². The zero-order valence-electron chi connectivity index (χ0n) is 13.6. The fraction of sp³-hybridized carbons (Fsp3) is 0.647. The Morgan fingerprint density at radius 1 is 1.25 bits per heavy atom. The van der Waals surface area contributed by atoms with Crippen molar-refractivity contribution in [2.75, 3.05) is 44.7 Å².